The van der Waals surface area contributed by atoms with Crippen molar-refractivity contribution in [2.24, 2.45) is 0 Å². The minimum absolute atomic E-state index is 0.235. The molecule has 0 aromatic carbocycles. The maximum Gasteiger partial charge on any atom is 0.126 e. The number of rotatable bonds is 0. The molecular weight excluding hydrogens is 152 g/mol. The molecule has 0 saturated heterocycles. The largest absolute Gasteiger partial charge is 0.507 e. The predicted octanol–water partition coefficient (Wildman–Crippen LogP) is 1.96. The Kier molecular flexibility index (Phi) is 1.93. The van der Waals surface area contributed by atoms with Crippen molar-refractivity contribution in [1.82, 2.24) is 0 Å². The summed E-state index contributed by atoms with van der Waals surface area (Å²) in [6, 6.07) is 0. The summed E-state index contributed by atoms with van der Waals surface area (Å²) in [7, 11) is 0. The number of allylic oxidation sites excluding steroid dienone is 2. The normalized spacial score (nSPS) is 19.8. The molecule has 0 aromatic rings. The smallest absolute Gasteiger partial charge is 0.126 e. The Morgan fingerprint density at radius 1 is 1.44 bits per heavy atom. The van der Waals surface area contributed by atoms with Crippen LogP contribution in [0.1, 0.15) is 12.8 Å². The fourth-order valence-corrected chi connectivity index (χ4v) is 1.24. The van der Waals surface area contributed by atoms with Crippen LogP contribution in [0.3, 0.4) is 0 Å². The molecule has 0 spiro atoms. The number of aliphatic hydroxyl groups excluding tert-OH is 1. The first kappa shape index (κ1) is 6.83. The third kappa shape index (κ3) is 1.56. The van der Waals surface area contributed by atoms with Crippen LogP contribution >= 0.6 is 24.4 Å². The van der Waals surface area contributed by atoms with Crippen molar-refractivity contribution in [3.8, 4) is 0 Å². The van der Waals surface area contributed by atoms with E-state index in [0.29, 0.717) is 17.7 Å². The zero-order chi connectivity index (χ0) is 6.85. The molecule has 0 radical (unpaired) electrons. The Morgan fingerprint density at radius 2 is 2.11 bits per heavy atom. The summed E-state index contributed by atoms with van der Waals surface area (Å²) >= 11 is 9.69. The van der Waals surface area contributed by atoms with Crippen LogP contribution in [-0.4, -0.2) is 14.8 Å². The molecular formula is C6H6OS2. The van der Waals surface area contributed by atoms with Crippen molar-refractivity contribution >= 4 is 34.2 Å². The first-order valence-corrected chi connectivity index (χ1v) is 3.46. The first-order chi connectivity index (χ1) is 4.20. The first-order valence-electron chi connectivity index (χ1n) is 2.64. The molecule has 1 nitrogen and oxygen atoms in total. The van der Waals surface area contributed by atoms with Crippen molar-refractivity contribution in [3.05, 3.63) is 11.8 Å². The number of thiocarbonyl (C=S) groups is 2. The van der Waals surface area contributed by atoms with Crippen LogP contribution in [-0.2, 0) is 0 Å². The van der Waals surface area contributed by atoms with Crippen LogP contribution in [0.2, 0.25) is 0 Å². The maximum atomic E-state index is 8.96. The lowest BCUT2D eigenvalue weighted by Crippen LogP contribution is -2.11. The summed E-state index contributed by atoms with van der Waals surface area (Å²) in [5.41, 5.74) is 0. The van der Waals surface area contributed by atoms with Crippen LogP contribution in [0.25, 0.3) is 0 Å². The standard InChI is InChI=1S/C6H6OS2/c7-5-2-1-4(8)3-6(5)9/h2,7H,1,3H2. The van der Waals surface area contributed by atoms with Crippen molar-refractivity contribution < 1.29 is 5.11 Å². The van der Waals surface area contributed by atoms with E-state index in [1.165, 1.54) is 0 Å². The lowest BCUT2D eigenvalue weighted by Gasteiger charge is -2.08. The number of hydrogen-bond donors (Lipinski definition) is 1. The van der Waals surface area contributed by atoms with Gasteiger partial charge in [0.05, 0.1) is 4.86 Å². The van der Waals surface area contributed by atoms with Crippen LogP contribution in [0, 0.1) is 0 Å². The molecule has 0 saturated carbocycles. The van der Waals surface area contributed by atoms with Gasteiger partial charge in [0.15, 0.2) is 0 Å². The highest BCUT2D eigenvalue weighted by atomic mass is 32.1. The van der Waals surface area contributed by atoms with Gasteiger partial charge in [-0.05, 0) is 6.08 Å². The van der Waals surface area contributed by atoms with Gasteiger partial charge in [0, 0.05) is 17.7 Å². The predicted molar refractivity (Wildman–Crippen MR) is 45.1 cm³/mol. The Bertz CT molecular complexity index is 193. The molecule has 3 heteroatoms. The Balaban J connectivity index is 2.79. The molecule has 0 unspecified atom stereocenters. The highest BCUT2D eigenvalue weighted by Gasteiger charge is 2.10. The van der Waals surface area contributed by atoms with E-state index in [2.05, 4.69) is 0 Å². The number of aliphatic hydroxyl groups is 1. The van der Waals surface area contributed by atoms with Crippen molar-refractivity contribution in [3.63, 3.8) is 0 Å². The fraction of sp³-hybridized carbons (Fsp3) is 0.333. The summed E-state index contributed by atoms with van der Waals surface area (Å²) in [6.45, 7) is 0. The summed E-state index contributed by atoms with van der Waals surface area (Å²) in [5.74, 6) is 0.235. The van der Waals surface area contributed by atoms with E-state index in [1.54, 1.807) is 6.08 Å². The third-order valence-corrected chi connectivity index (χ3v) is 1.83. The summed E-state index contributed by atoms with van der Waals surface area (Å²) in [5, 5.41) is 8.96. The van der Waals surface area contributed by atoms with Gasteiger partial charge in [0.1, 0.15) is 5.76 Å². The minimum atomic E-state index is 0.235. The Hall–Kier alpha value is -0.280. The lowest BCUT2D eigenvalue weighted by atomic mass is 10.1. The van der Waals surface area contributed by atoms with Crippen LogP contribution in [0.5, 0.6) is 0 Å². The molecule has 0 amide bonds. The Morgan fingerprint density at radius 3 is 2.56 bits per heavy atom. The molecule has 0 aliphatic heterocycles. The fourth-order valence-electron chi connectivity index (χ4n) is 0.666. The SMILES string of the molecule is OC1=CCC(=S)CC1=S. The third-order valence-electron chi connectivity index (χ3n) is 1.17. The second-order valence-corrected chi connectivity index (χ2v) is 3.00. The molecule has 48 valence electrons. The van der Waals surface area contributed by atoms with E-state index in [-0.39, 0.29) is 5.76 Å². The van der Waals surface area contributed by atoms with Gasteiger partial charge in [0.25, 0.3) is 0 Å². The quantitative estimate of drug-likeness (QED) is 0.544. The van der Waals surface area contributed by atoms with Gasteiger partial charge in [-0.2, -0.15) is 0 Å². The topological polar surface area (TPSA) is 20.2 Å². The maximum absolute atomic E-state index is 8.96. The zero-order valence-electron chi connectivity index (χ0n) is 4.76. The molecule has 0 atom stereocenters. The molecule has 0 heterocycles. The zero-order valence-corrected chi connectivity index (χ0v) is 6.39. The molecule has 1 rings (SSSR count). The van der Waals surface area contributed by atoms with Crippen molar-refractivity contribution in [2.75, 3.05) is 0 Å². The van der Waals surface area contributed by atoms with Gasteiger partial charge in [0.2, 0.25) is 0 Å². The van der Waals surface area contributed by atoms with E-state index in [9.17, 15) is 0 Å². The molecule has 0 bridgehead atoms. The molecule has 1 aliphatic rings. The van der Waals surface area contributed by atoms with E-state index in [4.69, 9.17) is 29.5 Å². The second-order valence-electron chi connectivity index (χ2n) is 1.93. The van der Waals surface area contributed by atoms with E-state index in [0.717, 1.165) is 4.86 Å². The Labute approximate surface area is 64.4 Å². The molecule has 0 aromatic heterocycles. The monoisotopic (exact) mass is 158 g/mol. The van der Waals surface area contributed by atoms with E-state index in [1.807, 2.05) is 0 Å². The summed E-state index contributed by atoms with van der Waals surface area (Å²) in [6.07, 6.45) is 2.96. The molecule has 0 fully saturated rings. The van der Waals surface area contributed by atoms with Gasteiger partial charge in [-0.1, -0.05) is 24.4 Å². The van der Waals surface area contributed by atoms with E-state index < -0.39 is 0 Å². The summed E-state index contributed by atoms with van der Waals surface area (Å²) in [4.78, 5) is 1.49. The van der Waals surface area contributed by atoms with Crippen LogP contribution < -0.4 is 0 Å². The van der Waals surface area contributed by atoms with Crippen molar-refractivity contribution in [1.29, 1.82) is 0 Å². The molecule has 1 N–H and O–H groups in total. The second kappa shape index (κ2) is 2.54. The van der Waals surface area contributed by atoms with Gasteiger partial charge in [-0.25, -0.2) is 0 Å². The number of hydrogen-bond acceptors (Lipinski definition) is 3. The van der Waals surface area contributed by atoms with Crippen LogP contribution in [0.15, 0.2) is 11.8 Å². The average molecular weight is 158 g/mol. The minimum Gasteiger partial charge on any atom is -0.507 e. The van der Waals surface area contributed by atoms with Gasteiger partial charge in [-0.3, -0.25) is 0 Å². The van der Waals surface area contributed by atoms with E-state index >= 15 is 0 Å². The van der Waals surface area contributed by atoms with Gasteiger partial charge < -0.3 is 5.11 Å². The van der Waals surface area contributed by atoms with Crippen LogP contribution in [0.4, 0.5) is 0 Å². The van der Waals surface area contributed by atoms with Crippen molar-refractivity contribution in [2.45, 2.75) is 12.8 Å². The highest BCUT2D eigenvalue weighted by molar-refractivity contribution is 7.82. The van der Waals surface area contributed by atoms with Gasteiger partial charge >= 0.3 is 0 Å². The lowest BCUT2D eigenvalue weighted by molar-refractivity contribution is 0.441. The van der Waals surface area contributed by atoms with Gasteiger partial charge in [-0.15, -0.1) is 0 Å². The molecule has 1 aliphatic carbocycles. The highest BCUT2D eigenvalue weighted by Crippen LogP contribution is 2.11. The summed E-state index contributed by atoms with van der Waals surface area (Å²) < 4.78 is 0. The average Bonchev–Trinajstić information content (AvgIpc) is 1.80. The molecule has 9 heavy (non-hydrogen) atoms.